The van der Waals surface area contributed by atoms with Crippen LogP contribution in [0.5, 0.6) is 0 Å². The number of thiazole rings is 1. The molecule has 6 nitrogen and oxygen atoms in total. The molecule has 0 bridgehead atoms. The van der Waals surface area contributed by atoms with Crippen LogP contribution in [0.1, 0.15) is 11.3 Å². The molecule has 2 aromatic heterocycles. The zero-order valence-corrected chi connectivity index (χ0v) is 12.6. The van der Waals surface area contributed by atoms with Gasteiger partial charge in [0.2, 0.25) is 0 Å². The zero-order valence-electron chi connectivity index (χ0n) is 11.8. The van der Waals surface area contributed by atoms with E-state index in [1.807, 2.05) is 30.2 Å². The number of aromatic nitrogens is 3. The molecule has 7 heteroatoms. The molecule has 2 aromatic rings. The average Bonchev–Trinajstić information content (AvgIpc) is 3.06. The van der Waals surface area contributed by atoms with Gasteiger partial charge in [-0.1, -0.05) is 0 Å². The van der Waals surface area contributed by atoms with Crippen LogP contribution < -0.4 is 9.80 Å². The molecule has 0 aromatic carbocycles. The van der Waals surface area contributed by atoms with Gasteiger partial charge in [-0.05, 0) is 6.92 Å². The summed E-state index contributed by atoms with van der Waals surface area (Å²) in [6.07, 6.45) is 1.85. The second-order valence-corrected chi connectivity index (χ2v) is 5.83. The lowest BCUT2D eigenvalue weighted by molar-refractivity contribution is 0.281. The molecule has 20 heavy (non-hydrogen) atoms. The van der Waals surface area contributed by atoms with Gasteiger partial charge in [0, 0.05) is 50.4 Å². The van der Waals surface area contributed by atoms with Gasteiger partial charge in [0.1, 0.15) is 5.82 Å². The van der Waals surface area contributed by atoms with Crippen LogP contribution in [0.25, 0.3) is 0 Å². The van der Waals surface area contributed by atoms with Crippen LogP contribution >= 0.6 is 11.3 Å². The lowest BCUT2D eigenvalue weighted by Gasteiger charge is -2.36. The van der Waals surface area contributed by atoms with Crippen molar-refractivity contribution in [2.45, 2.75) is 13.5 Å². The molecule has 0 saturated carbocycles. The minimum Gasteiger partial charge on any atom is -0.391 e. The number of aliphatic hydroxyl groups excluding tert-OH is 1. The van der Waals surface area contributed by atoms with E-state index < -0.39 is 0 Å². The fraction of sp³-hybridized carbons (Fsp3) is 0.538. The van der Waals surface area contributed by atoms with E-state index in [-0.39, 0.29) is 6.61 Å². The molecule has 108 valence electrons. The van der Waals surface area contributed by atoms with Crippen molar-refractivity contribution in [3.8, 4) is 0 Å². The number of aliphatic hydroxyl groups is 1. The first-order chi connectivity index (χ1) is 9.70. The normalized spacial score (nSPS) is 15.9. The van der Waals surface area contributed by atoms with Crippen molar-refractivity contribution < 1.29 is 5.11 Å². The molecule has 0 unspecified atom stereocenters. The summed E-state index contributed by atoms with van der Waals surface area (Å²) in [6, 6.07) is 0. The predicted molar refractivity (Wildman–Crippen MR) is 80.4 cm³/mol. The molecule has 1 fully saturated rings. The molecular weight excluding hydrogens is 274 g/mol. The Balaban J connectivity index is 1.75. The molecule has 3 heterocycles. The number of rotatable bonds is 3. The van der Waals surface area contributed by atoms with Crippen LogP contribution in [0.15, 0.2) is 11.6 Å². The maximum atomic E-state index is 9.55. The highest BCUT2D eigenvalue weighted by Crippen LogP contribution is 2.26. The van der Waals surface area contributed by atoms with Crippen molar-refractivity contribution in [1.82, 2.24) is 14.8 Å². The van der Waals surface area contributed by atoms with Crippen molar-refractivity contribution in [2.24, 2.45) is 7.05 Å². The van der Waals surface area contributed by atoms with E-state index in [2.05, 4.69) is 19.9 Å². The van der Waals surface area contributed by atoms with Gasteiger partial charge in [0.15, 0.2) is 5.13 Å². The molecule has 0 aliphatic carbocycles. The van der Waals surface area contributed by atoms with Crippen LogP contribution in [0, 0.1) is 6.92 Å². The Bertz CT molecular complexity index is 572. The molecule has 0 radical (unpaired) electrons. The molecular formula is C13H19N5OS. The van der Waals surface area contributed by atoms with Crippen molar-refractivity contribution in [2.75, 3.05) is 36.0 Å². The van der Waals surface area contributed by atoms with Gasteiger partial charge in [-0.2, -0.15) is 5.10 Å². The molecule has 0 amide bonds. The number of anilines is 2. The molecule has 3 rings (SSSR count). The van der Waals surface area contributed by atoms with Gasteiger partial charge >= 0.3 is 0 Å². The van der Waals surface area contributed by atoms with Crippen molar-refractivity contribution in [3.05, 3.63) is 22.8 Å². The Hall–Kier alpha value is -1.60. The largest absolute Gasteiger partial charge is 0.391 e. The summed E-state index contributed by atoms with van der Waals surface area (Å²) in [5.41, 5.74) is 1.85. The standard InChI is InChI=1S/C13H19N5OS/c1-10-11(9-19)12(16(2)15-10)17-4-6-18(7-5-17)13-14-3-8-20-13/h3,8,19H,4-7,9H2,1-2H3. The van der Waals surface area contributed by atoms with Crippen LogP contribution in [0.4, 0.5) is 10.9 Å². The van der Waals surface area contributed by atoms with Crippen LogP contribution in [-0.4, -0.2) is 46.1 Å². The Morgan fingerprint density at radius 2 is 1.95 bits per heavy atom. The maximum absolute atomic E-state index is 9.55. The number of aryl methyl sites for hydroxylation is 2. The molecule has 1 aliphatic rings. The Morgan fingerprint density at radius 3 is 2.55 bits per heavy atom. The fourth-order valence-electron chi connectivity index (χ4n) is 2.75. The zero-order chi connectivity index (χ0) is 14.1. The average molecular weight is 293 g/mol. The lowest BCUT2D eigenvalue weighted by atomic mass is 10.2. The fourth-order valence-corrected chi connectivity index (χ4v) is 3.45. The minimum atomic E-state index is 0.0434. The predicted octanol–water partition coefficient (Wildman–Crippen LogP) is 1.00. The highest BCUT2D eigenvalue weighted by molar-refractivity contribution is 7.13. The second kappa shape index (κ2) is 5.41. The van der Waals surface area contributed by atoms with Crippen molar-refractivity contribution >= 4 is 22.3 Å². The Kier molecular flexibility index (Phi) is 3.62. The maximum Gasteiger partial charge on any atom is 0.185 e. The number of hydrogen-bond acceptors (Lipinski definition) is 6. The van der Waals surface area contributed by atoms with Gasteiger partial charge in [-0.3, -0.25) is 4.68 Å². The first kappa shape index (κ1) is 13.4. The first-order valence-corrected chi connectivity index (χ1v) is 7.61. The van der Waals surface area contributed by atoms with Gasteiger partial charge in [-0.25, -0.2) is 4.98 Å². The molecule has 1 saturated heterocycles. The van der Waals surface area contributed by atoms with E-state index in [4.69, 9.17) is 0 Å². The quantitative estimate of drug-likeness (QED) is 0.915. The molecule has 0 atom stereocenters. The van der Waals surface area contributed by atoms with E-state index in [1.165, 1.54) is 0 Å². The van der Waals surface area contributed by atoms with Crippen LogP contribution in [0.2, 0.25) is 0 Å². The van der Waals surface area contributed by atoms with Gasteiger partial charge in [0.05, 0.1) is 12.3 Å². The summed E-state index contributed by atoms with van der Waals surface area (Å²) in [6.45, 7) is 5.73. The van der Waals surface area contributed by atoms with E-state index in [0.29, 0.717) is 0 Å². The third-order valence-corrected chi connectivity index (χ3v) is 4.57. The summed E-state index contributed by atoms with van der Waals surface area (Å²) >= 11 is 1.68. The Morgan fingerprint density at radius 1 is 1.25 bits per heavy atom. The van der Waals surface area contributed by atoms with E-state index in [1.54, 1.807) is 11.3 Å². The second-order valence-electron chi connectivity index (χ2n) is 4.96. The van der Waals surface area contributed by atoms with Crippen LogP contribution in [0.3, 0.4) is 0 Å². The SMILES string of the molecule is Cc1nn(C)c(N2CCN(c3nccs3)CC2)c1CO. The smallest absolute Gasteiger partial charge is 0.185 e. The number of hydrogen-bond donors (Lipinski definition) is 1. The molecule has 0 spiro atoms. The Labute approximate surface area is 122 Å². The van der Waals surface area contributed by atoms with E-state index in [0.717, 1.165) is 48.4 Å². The summed E-state index contributed by atoms with van der Waals surface area (Å²) < 4.78 is 1.87. The monoisotopic (exact) mass is 293 g/mol. The number of piperazine rings is 1. The summed E-state index contributed by atoms with van der Waals surface area (Å²) in [4.78, 5) is 8.97. The lowest BCUT2D eigenvalue weighted by Crippen LogP contribution is -2.47. The summed E-state index contributed by atoms with van der Waals surface area (Å²) in [5, 5.41) is 17.1. The summed E-state index contributed by atoms with van der Waals surface area (Å²) in [7, 11) is 1.94. The topological polar surface area (TPSA) is 57.4 Å². The van der Waals surface area contributed by atoms with Gasteiger partial charge in [-0.15, -0.1) is 11.3 Å². The highest BCUT2D eigenvalue weighted by atomic mass is 32.1. The van der Waals surface area contributed by atoms with E-state index in [9.17, 15) is 5.11 Å². The first-order valence-electron chi connectivity index (χ1n) is 6.73. The summed E-state index contributed by atoms with van der Waals surface area (Å²) in [5.74, 6) is 1.05. The van der Waals surface area contributed by atoms with Gasteiger partial charge in [0.25, 0.3) is 0 Å². The number of nitrogens with zero attached hydrogens (tertiary/aromatic N) is 5. The van der Waals surface area contributed by atoms with Crippen LogP contribution in [-0.2, 0) is 13.7 Å². The molecule has 1 aliphatic heterocycles. The van der Waals surface area contributed by atoms with Crippen molar-refractivity contribution in [1.29, 1.82) is 0 Å². The molecule has 1 N–H and O–H groups in total. The van der Waals surface area contributed by atoms with E-state index >= 15 is 0 Å². The third kappa shape index (κ3) is 2.27. The van der Waals surface area contributed by atoms with Gasteiger partial charge < -0.3 is 14.9 Å². The van der Waals surface area contributed by atoms with Crippen molar-refractivity contribution in [3.63, 3.8) is 0 Å². The highest BCUT2D eigenvalue weighted by Gasteiger charge is 2.24. The minimum absolute atomic E-state index is 0.0434. The third-order valence-electron chi connectivity index (χ3n) is 3.74.